The zero-order chi connectivity index (χ0) is 21.9. The third kappa shape index (κ3) is 4.76. The number of ether oxygens (including phenoxy) is 2. The van der Waals surface area contributed by atoms with Crippen LogP contribution in [0.15, 0.2) is 24.3 Å². The highest BCUT2D eigenvalue weighted by molar-refractivity contribution is 5.91. The van der Waals surface area contributed by atoms with Crippen LogP contribution in [0.5, 0.6) is 11.5 Å². The molecule has 2 aromatic carbocycles. The van der Waals surface area contributed by atoms with E-state index in [9.17, 15) is 40.3 Å². The summed E-state index contributed by atoms with van der Waals surface area (Å²) >= 11 is 0. The Hall–Kier alpha value is -3.31. The first-order valence-corrected chi connectivity index (χ1v) is 7.68. The maximum Gasteiger partial charge on any atom is 0.416 e. The highest BCUT2D eigenvalue weighted by Gasteiger charge is 2.33. The Morgan fingerprint density at radius 2 is 1.45 bits per heavy atom. The number of nitrogens with one attached hydrogen (secondary N) is 1. The minimum atomic E-state index is -4.83. The number of hydrogen-bond donors (Lipinski definition) is 1. The number of carbonyl (C=O) groups excluding carboxylic acids is 2. The van der Waals surface area contributed by atoms with E-state index in [4.69, 9.17) is 0 Å². The molecule has 2 aromatic rings. The van der Waals surface area contributed by atoms with Crippen molar-refractivity contribution in [2.24, 2.45) is 0 Å². The Balaban J connectivity index is 2.39. The SMILES string of the molecule is CCNC(=O)Oc1c(F)c(F)c(OC(=O)c2cccc(C(F)(F)F)c2)c(F)c1F. The number of esters is 1. The lowest BCUT2D eigenvalue weighted by molar-refractivity contribution is -0.137. The summed E-state index contributed by atoms with van der Waals surface area (Å²) in [6.07, 6.45) is -6.25. The van der Waals surface area contributed by atoms with E-state index in [1.54, 1.807) is 0 Å². The van der Waals surface area contributed by atoms with Crippen molar-refractivity contribution >= 4 is 12.1 Å². The number of hydrogen-bond acceptors (Lipinski definition) is 4. The second kappa shape index (κ2) is 8.37. The van der Waals surface area contributed by atoms with Gasteiger partial charge in [0.25, 0.3) is 0 Å². The number of rotatable bonds is 4. The number of amides is 1. The summed E-state index contributed by atoms with van der Waals surface area (Å²) in [7, 11) is 0. The highest BCUT2D eigenvalue weighted by atomic mass is 19.4. The number of benzene rings is 2. The Morgan fingerprint density at radius 3 is 1.93 bits per heavy atom. The molecular formula is C17H10F7NO4. The Labute approximate surface area is 158 Å². The van der Waals surface area contributed by atoms with Crippen LogP contribution in [-0.4, -0.2) is 18.6 Å². The van der Waals surface area contributed by atoms with Gasteiger partial charge in [-0.25, -0.2) is 9.59 Å². The Morgan fingerprint density at radius 1 is 0.931 bits per heavy atom. The van der Waals surface area contributed by atoms with Gasteiger partial charge in [0.1, 0.15) is 0 Å². The van der Waals surface area contributed by atoms with Crippen molar-refractivity contribution in [3.63, 3.8) is 0 Å². The van der Waals surface area contributed by atoms with Gasteiger partial charge in [-0.15, -0.1) is 0 Å². The van der Waals surface area contributed by atoms with Gasteiger partial charge in [-0.2, -0.15) is 30.7 Å². The molecule has 12 heteroatoms. The van der Waals surface area contributed by atoms with E-state index >= 15 is 0 Å². The molecule has 0 aromatic heterocycles. The van der Waals surface area contributed by atoms with Gasteiger partial charge in [-0.05, 0) is 25.1 Å². The lowest BCUT2D eigenvalue weighted by Crippen LogP contribution is -2.27. The van der Waals surface area contributed by atoms with Gasteiger partial charge in [0.2, 0.25) is 34.8 Å². The molecule has 0 unspecified atom stereocenters. The Bertz CT molecular complexity index is 931. The number of alkyl halides is 3. The molecule has 0 bridgehead atoms. The van der Waals surface area contributed by atoms with Crippen molar-refractivity contribution in [2.75, 3.05) is 6.54 Å². The first kappa shape index (κ1) is 22.0. The van der Waals surface area contributed by atoms with Gasteiger partial charge in [-0.1, -0.05) is 6.07 Å². The number of carbonyl (C=O) groups is 2. The van der Waals surface area contributed by atoms with Crippen LogP contribution in [-0.2, 0) is 6.18 Å². The zero-order valence-corrected chi connectivity index (χ0v) is 14.3. The van der Waals surface area contributed by atoms with Crippen molar-refractivity contribution < 1.29 is 49.8 Å². The van der Waals surface area contributed by atoms with E-state index in [1.165, 1.54) is 6.92 Å². The van der Waals surface area contributed by atoms with Crippen LogP contribution in [0.3, 0.4) is 0 Å². The lowest BCUT2D eigenvalue weighted by atomic mass is 10.1. The number of halogens is 7. The molecule has 0 heterocycles. The van der Waals surface area contributed by atoms with Crippen molar-refractivity contribution in [1.82, 2.24) is 5.32 Å². The van der Waals surface area contributed by atoms with Crippen LogP contribution in [0, 0.1) is 23.3 Å². The molecule has 0 saturated carbocycles. The van der Waals surface area contributed by atoms with Crippen molar-refractivity contribution in [3.8, 4) is 11.5 Å². The van der Waals surface area contributed by atoms with E-state index in [-0.39, 0.29) is 6.54 Å². The van der Waals surface area contributed by atoms with Gasteiger partial charge < -0.3 is 14.8 Å². The molecule has 29 heavy (non-hydrogen) atoms. The third-order valence-electron chi connectivity index (χ3n) is 3.32. The molecule has 0 saturated heterocycles. The predicted molar refractivity (Wildman–Crippen MR) is 82.4 cm³/mol. The first-order chi connectivity index (χ1) is 13.5. The van der Waals surface area contributed by atoms with Gasteiger partial charge in [0.05, 0.1) is 11.1 Å². The maximum atomic E-state index is 14.0. The molecule has 0 radical (unpaired) electrons. The van der Waals surface area contributed by atoms with Crippen LogP contribution in [0.2, 0.25) is 0 Å². The van der Waals surface area contributed by atoms with Crippen molar-refractivity contribution in [1.29, 1.82) is 0 Å². The molecule has 0 fully saturated rings. The molecule has 0 spiro atoms. The molecule has 1 N–H and O–H groups in total. The average Bonchev–Trinajstić information content (AvgIpc) is 2.66. The minimum Gasteiger partial charge on any atom is -0.416 e. The van der Waals surface area contributed by atoms with Crippen molar-refractivity contribution in [3.05, 3.63) is 58.7 Å². The van der Waals surface area contributed by atoms with Crippen molar-refractivity contribution in [2.45, 2.75) is 13.1 Å². The summed E-state index contributed by atoms with van der Waals surface area (Å²) in [4.78, 5) is 23.1. The summed E-state index contributed by atoms with van der Waals surface area (Å²) in [5.74, 6) is -14.2. The topological polar surface area (TPSA) is 64.6 Å². The zero-order valence-electron chi connectivity index (χ0n) is 14.3. The predicted octanol–water partition coefficient (Wildman–Crippen LogP) is 4.59. The quantitative estimate of drug-likeness (QED) is 0.337. The average molecular weight is 425 g/mol. The molecule has 0 aliphatic rings. The Kier molecular flexibility index (Phi) is 6.34. The van der Waals surface area contributed by atoms with E-state index in [0.29, 0.717) is 12.1 Å². The molecule has 156 valence electrons. The second-order valence-corrected chi connectivity index (χ2v) is 5.30. The highest BCUT2D eigenvalue weighted by Crippen LogP contribution is 2.35. The van der Waals surface area contributed by atoms with Gasteiger partial charge in [-0.3, -0.25) is 0 Å². The minimum absolute atomic E-state index is 0.0281. The summed E-state index contributed by atoms with van der Waals surface area (Å²) in [6, 6.07) is 2.57. The van der Waals surface area contributed by atoms with Crippen LogP contribution >= 0.6 is 0 Å². The van der Waals surface area contributed by atoms with E-state index in [0.717, 1.165) is 12.1 Å². The normalized spacial score (nSPS) is 11.2. The van der Waals surface area contributed by atoms with Crippen LogP contribution in [0.25, 0.3) is 0 Å². The van der Waals surface area contributed by atoms with Crippen LogP contribution in [0.4, 0.5) is 35.5 Å². The lowest BCUT2D eigenvalue weighted by Gasteiger charge is -2.13. The molecule has 2 rings (SSSR count). The monoisotopic (exact) mass is 425 g/mol. The van der Waals surface area contributed by atoms with Crippen LogP contribution in [0.1, 0.15) is 22.8 Å². The fraction of sp³-hybridized carbons (Fsp3) is 0.176. The van der Waals surface area contributed by atoms with E-state index in [1.807, 2.05) is 5.32 Å². The molecule has 0 atom stereocenters. The fourth-order valence-electron chi connectivity index (χ4n) is 2.02. The van der Waals surface area contributed by atoms with Gasteiger partial charge >= 0.3 is 18.2 Å². The summed E-state index contributed by atoms with van der Waals surface area (Å²) in [5, 5.41) is 1.96. The largest absolute Gasteiger partial charge is 0.416 e. The molecule has 0 aliphatic carbocycles. The standard InChI is InChI=1S/C17H10F7NO4/c1-2-25-16(27)29-14-11(20)9(18)13(10(19)12(14)21)28-15(26)7-4-3-5-8(6-7)17(22,23)24/h3-6H,2H2,1H3,(H,25,27). The van der Waals surface area contributed by atoms with Gasteiger partial charge in [0, 0.05) is 6.54 Å². The molecule has 0 aliphatic heterocycles. The molecular weight excluding hydrogens is 415 g/mol. The van der Waals surface area contributed by atoms with E-state index in [2.05, 4.69) is 9.47 Å². The van der Waals surface area contributed by atoms with Crippen LogP contribution < -0.4 is 14.8 Å². The summed E-state index contributed by atoms with van der Waals surface area (Å²) < 4.78 is 102. The smallest absolute Gasteiger partial charge is 0.416 e. The summed E-state index contributed by atoms with van der Waals surface area (Å²) in [5.41, 5.74) is -2.06. The van der Waals surface area contributed by atoms with E-state index < -0.39 is 64.1 Å². The second-order valence-electron chi connectivity index (χ2n) is 5.30. The molecule has 5 nitrogen and oxygen atoms in total. The fourth-order valence-corrected chi connectivity index (χ4v) is 2.02. The maximum absolute atomic E-state index is 14.0. The third-order valence-corrected chi connectivity index (χ3v) is 3.32. The first-order valence-electron chi connectivity index (χ1n) is 7.68. The molecule has 1 amide bonds. The summed E-state index contributed by atoms with van der Waals surface area (Å²) in [6.45, 7) is 1.39. The van der Waals surface area contributed by atoms with Gasteiger partial charge in [0.15, 0.2) is 0 Å².